The summed E-state index contributed by atoms with van der Waals surface area (Å²) in [5, 5.41) is 5.29. The quantitative estimate of drug-likeness (QED) is 0.169. The minimum Gasteiger partial charge on any atom is -0.444 e. The molecule has 0 radical (unpaired) electrons. The van der Waals surface area contributed by atoms with E-state index in [9.17, 15) is 13.2 Å². The van der Waals surface area contributed by atoms with Crippen molar-refractivity contribution in [3.05, 3.63) is 121 Å². The van der Waals surface area contributed by atoms with Gasteiger partial charge in [-0.05, 0) is 87.4 Å². The van der Waals surface area contributed by atoms with E-state index in [1.54, 1.807) is 60.1 Å². The lowest BCUT2D eigenvalue weighted by Gasteiger charge is -2.33. The second-order valence-corrected chi connectivity index (χ2v) is 15.7. The van der Waals surface area contributed by atoms with E-state index in [4.69, 9.17) is 9.72 Å². The first-order chi connectivity index (χ1) is 23.9. The van der Waals surface area contributed by atoms with Crippen LogP contribution in [0.25, 0.3) is 33.3 Å². The van der Waals surface area contributed by atoms with E-state index in [1.807, 2.05) is 56.8 Å². The summed E-state index contributed by atoms with van der Waals surface area (Å²) in [6, 6.07) is 21.2. The Labute approximate surface area is 292 Å². The molecule has 1 saturated heterocycles. The molecule has 0 bridgehead atoms. The number of carbonyl (C=O) groups excluding carboxylic acids is 1. The number of piperidine rings is 1. The van der Waals surface area contributed by atoms with Crippen molar-refractivity contribution in [1.82, 2.24) is 28.6 Å². The van der Waals surface area contributed by atoms with Gasteiger partial charge in [0.25, 0.3) is 10.0 Å². The van der Waals surface area contributed by atoms with Gasteiger partial charge in [0, 0.05) is 66.2 Å². The number of likely N-dealkylation sites (tertiary alicyclic amines) is 1. The summed E-state index contributed by atoms with van der Waals surface area (Å²) in [5.74, 6) is 0.346. The molecular formula is C39H40N6O4S. The summed E-state index contributed by atoms with van der Waals surface area (Å²) in [5.41, 5.74) is 6.39. The van der Waals surface area contributed by atoms with E-state index in [0.29, 0.717) is 36.6 Å². The number of hydrogen-bond acceptors (Lipinski definition) is 7. The zero-order valence-corrected chi connectivity index (χ0v) is 29.5. The van der Waals surface area contributed by atoms with Gasteiger partial charge in [-0.15, -0.1) is 0 Å². The van der Waals surface area contributed by atoms with Crippen LogP contribution in [0.4, 0.5) is 4.79 Å². The fraction of sp³-hybridized carbons (Fsp3) is 0.282. The van der Waals surface area contributed by atoms with Crippen LogP contribution in [0, 0.1) is 6.92 Å². The maximum atomic E-state index is 14.0. The van der Waals surface area contributed by atoms with Crippen LogP contribution in [0.3, 0.4) is 0 Å². The van der Waals surface area contributed by atoms with Crippen molar-refractivity contribution in [1.29, 1.82) is 0 Å². The second-order valence-electron chi connectivity index (χ2n) is 13.9. The molecule has 256 valence electrons. The van der Waals surface area contributed by atoms with Crippen LogP contribution in [0.15, 0.2) is 109 Å². The molecule has 10 nitrogen and oxygen atoms in total. The average Bonchev–Trinajstić information content (AvgIpc) is 3.73. The molecule has 0 unspecified atom stereocenters. The first-order valence-electron chi connectivity index (χ1n) is 16.8. The highest BCUT2D eigenvalue weighted by molar-refractivity contribution is 7.90. The molecule has 1 fully saturated rings. The lowest BCUT2D eigenvalue weighted by molar-refractivity contribution is 0.0205. The Balaban J connectivity index is 1.20. The first kappa shape index (κ1) is 33.2. The Morgan fingerprint density at radius 3 is 2.32 bits per heavy atom. The number of pyridine rings is 2. The number of carbonyl (C=O) groups is 1. The summed E-state index contributed by atoms with van der Waals surface area (Å²) < 4.78 is 36.6. The van der Waals surface area contributed by atoms with Crippen LogP contribution < -0.4 is 0 Å². The van der Waals surface area contributed by atoms with Gasteiger partial charge in [0.05, 0.1) is 17.6 Å². The number of aromatic nitrogens is 5. The van der Waals surface area contributed by atoms with Crippen molar-refractivity contribution >= 4 is 27.1 Å². The standard InChI is InChI=1S/C39H40N6O4S/c1-27-7-13-34(14-8-27)50(47,48)45-26-36(33-23-42-44(25-33)24-28-6-5-17-40-21-28)35-20-32(22-41-37(35)45)30-11-9-29(10-12-30)31-15-18-43(19-16-31)38(46)49-39(2,3)4/h5-14,17,20-23,25-26,31H,15-16,18-19,24H2,1-4H3. The number of benzene rings is 2. The van der Waals surface area contributed by atoms with Gasteiger partial charge in [-0.25, -0.2) is 22.2 Å². The zero-order valence-electron chi connectivity index (χ0n) is 28.7. The highest BCUT2D eigenvalue weighted by atomic mass is 32.2. The lowest BCUT2D eigenvalue weighted by Crippen LogP contribution is -2.41. The first-order valence-corrected chi connectivity index (χ1v) is 18.2. The summed E-state index contributed by atoms with van der Waals surface area (Å²) in [7, 11) is -3.94. The number of fused-ring (bicyclic) bond motifs is 1. The minimum absolute atomic E-state index is 0.192. The van der Waals surface area contributed by atoms with Crippen LogP contribution in [-0.4, -0.2) is 61.8 Å². The Morgan fingerprint density at radius 1 is 0.900 bits per heavy atom. The minimum atomic E-state index is -3.94. The van der Waals surface area contributed by atoms with E-state index in [0.717, 1.165) is 46.2 Å². The largest absolute Gasteiger partial charge is 0.444 e. The maximum Gasteiger partial charge on any atom is 0.410 e. The van der Waals surface area contributed by atoms with Crippen molar-refractivity contribution in [2.24, 2.45) is 0 Å². The van der Waals surface area contributed by atoms with Crippen molar-refractivity contribution in [3.63, 3.8) is 0 Å². The lowest BCUT2D eigenvalue weighted by atomic mass is 9.88. The van der Waals surface area contributed by atoms with Crippen molar-refractivity contribution in [2.75, 3.05) is 13.1 Å². The zero-order chi connectivity index (χ0) is 35.0. The molecule has 11 heteroatoms. The van der Waals surface area contributed by atoms with Gasteiger partial charge in [-0.1, -0.05) is 48.0 Å². The van der Waals surface area contributed by atoms with Crippen LogP contribution in [-0.2, 0) is 21.3 Å². The molecule has 1 aliphatic heterocycles. The van der Waals surface area contributed by atoms with E-state index in [1.165, 1.54) is 9.54 Å². The third-order valence-corrected chi connectivity index (χ3v) is 10.7. The Kier molecular flexibility index (Phi) is 8.77. The van der Waals surface area contributed by atoms with Crippen molar-refractivity contribution < 1.29 is 17.9 Å². The van der Waals surface area contributed by atoms with E-state index in [2.05, 4.69) is 34.3 Å². The molecule has 4 aromatic heterocycles. The molecule has 5 heterocycles. The molecule has 0 N–H and O–H groups in total. The fourth-order valence-electron chi connectivity index (χ4n) is 6.41. The Morgan fingerprint density at radius 2 is 1.64 bits per heavy atom. The normalized spacial score (nSPS) is 14.3. The molecule has 50 heavy (non-hydrogen) atoms. The van der Waals surface area contributed by atoms with Gasteiger partial charge in [0.1, 0.15) is 5.60 Å². The molecule has 0 atom stereocenters. The monoisotopic (exact) mass is 688 g/mol. The predicted octanol–water partition coefficient (Wildman–Crippen LogP) is 7.67. The summed E-state index contributed by atoms with van der Waals surface area (Å²) >= 11 is 0. The number of amides is 1. The Hall–Kier alpha value is -5.29. The SMILES string of the molecule is Cc1ccc(S(=O)(=O)n2cc(-c3cnn(Cc4cccnc4)c3)c3cc(-c4ccc(C5CCN(C(=O)OC(C)(C)C)CC5)cc4)cnc32)cc1. The number of nitrogens with zero attached hydrogens (tertiary/aromatic N) is 6. The van der Waals surface area contributed by atoms with Crippen LogP contribution >= 0.6 is 0 Å². The van der Waals surface area contributed by atoms with E-state index >= 15 is 0 Å². The maximum absolute atomic E-state index is 14.0. The van der Waals surface area contributed by atoms with Gasteiger partial charge in [0.2, 0.25) is 0 Å². The summed E-state index contributed by atoms with van der Waals surface area (Å²) in [4.78, 5) is 23.5. The fourth-order valence-corrected chi connectivity index (χ4v) is 7.74. The van der Waals surface area contributed by atoms with Gasteiger partial charge >= 0.3 is 6.09 Å². The average molecular weight is 689 g/mol. The predicted molar refractivity (Wildman–Crippen MR) is 193 cm³/mol. The Bertz CT molecular complexity index is 2250. The summed E-state index contributed by atoms with van der Waals surface area (Å²) in [6.07, 6.45) is 12.1. The van der Waals surface area contributed by atoms with Crippen molar-refractivity contribution in [3.8, 4) is 22.3 Å². The van der Waals surface area contributed by atoms with Gasteiger partial charge in [-0.2, -0.15) is 5.10 Å². The molecular weight excluding hydrogens is 649 g/mol. The smallest absolute Gasteiger partial charge is 0.410 e. The number of hydrogen-bond donors (Lipinski definition) is 0. The number of rotatable bonds is 7. The van der Waals surface area contributed by atoms with Gasteiger partial charge < -0.3 is 9.64 Å². The van der Waals surface area contributed by atoms with E-state index < -0.39 is 15.6 Å². The highest BCUT2D eigenvalue weighted by Crippen LogP contribution is 2.36. The molecule has 1 amide bonds. The van der Waals surface area contributed by atoms with Gasteiger partial charge in [0.15, 0.2) is 5.65 Å². The van der Waals surface area contributed by atoms with Crippen molar-refractivity contribution in [2.45, 2.75) is 63.5 Å². The van der Waals surface area contributed by atoms with Crippen LogP contribution in [0.5, 0.6) is 0 Å². The van der Waals surface area contributed by atoms with Gasteiger partial charge in [-0.3, -0.25) is 9.67 Å². The molecule has 0 saturated carbocycles. The van der Waals surface area contributed by atoms with E-state index in [-0.39, 0.29) is 11.0 Å². The topological polar surface area (TPSA) is 112 Å². The van der Waals surface area contributed by atoms with Crippen LogP contribution in [0.1, 0.15) is 56.2 Å². The molecule has 6 aromatic rings. The number of ether oxygens (including phenoxy) is 1. The van der Waals surface area contributed by atoms with Crippen LogP contribution in [0.2, 0.25) is 0 Å². The molecule has 1 aliphatic rings. The molecule has 0 spiro atoms. The number of aryl methyl sites for hydroxylation is 1. The molecule has 0 aliphatic carbocycles. The third-order valence-electron chi connectivity index (χ3n) is 9.06. The third kappa shape index (κ3) is 6.91. The highest BCUT2D eigenvalue weighted by Gasteiger charge is 2.28. The second kappa shape index (κ2) is 13.2. The molecule has 7 rings (SSSR count). The molecule has 2 aromatic carbocycles. The summed E-state index contributed by atoms with van der Waals surface area (Å²) in [6.45, 7) is 9.43.